The molecule has 7 heteroatoms. The van der Waals surface area contributed by atoms with Gasteiger partial charge in [0.05, 0.1) is 25.9 Å². The number of hydrogen-bond donors (Lipinski definition) is 1. The summed E-state index contributed by atoms with van der Waals surface area (Å²) in [4.78, 5) is 26.7. The highest BCUT2D eigenvalue weighted by Crippen LogP contribution is 2.13. The molecule has 0 bridgehead atoms. The standard InChI is InChI=1S/C20H28N2O5/c23-19(21-17-6-9-25-10-7-17)12-18-14-26-11-8-22(18)20(24)15-27-13-16-4-2-1-3-5-16/h1-5,17-18H,6-15H2,(H,21,23)/t18-/m1/s1. The summed E-state index contributed by atoms with van der Waals surface area (Å²) in [5, 5.41) is 3.05. The fourth-order valence-electron chi connectivity index (χ4n) is 3.41. The number of rotatable bonds is 7. The number of morpholine rings is 1. The molecule has 27 heavy (non-hydrogen) atoms. The van der Waals surface area contributed by atoms with Crippen LogP contribution in [0.1, 0.15) is 24.8 Å². The first-order valence-electron chi connectivity index (χ1n) is 9.58. The van der Waals surface area contributed by atoms with Crippen molar-refractivity contribution in [1.82, 2.24) is 10.2 Å². The number of nitrogens with one attached hydrogen (secondary N) is 1. The van der Waals surface area contributed by atoms with Crippen molar-refractivity contribution >= 4 is 11.8 Å². The number of benzene rings is 1. The SMILES string of the molecule is O=C(C[C@@H]1COCCN1C(=O)COCc1ccccc1)NC1CCOCC1. The zero-order chi connectivity index (χ0) is 18.9. The van der Waals surface area contributed by atoms with Gasteiger partial charge >= 0.3 is 0 Å². The molecular formula is C20H28N2O5. The molecule has 1 N–H and O–H groups in total. The molecule has 3 rings (SSSR count). The maximum absolute atomic E-state index is 12.6. The van der Waals surface area contributed by atoms with E-state index in [0.29, 0.717) is 39.6 Å². The van der Waals surface area contributed by atoms with Crippen molar-refractivity contribution < 1.29 is 23.8 Å². The highest BCUT2D eigenvalue weighted by Gasteiger charge is 2.29. The quantitative estimate of drug-likeness (QED) is 0.772. The minimum absolute atomic E-state index is 0.00692. The van der Waals surface area contributed by atoms with E-state index in [-0.39, 0.29) is 36.9 Å². The van der Waals surface area contributed by atoms with Crippen LogP contribution in [0.25, 0.3) is 0 Å². The van der Waals surface area contributed by atoms with Gasteiger partial charge in [-0.25, -0.2) is 0 Å². The lowest BCUT2D eigenvalue weighted by Gasteiger charge is -2.35. The number of carbonyl (C=O) groups is 2. The second-order valence-corrected chi connectivity index (χ2v) is 6.95. The fourth-order valence-corrected chi connectivity index (χ4v) is 3.41. The summed E-state index contributed by atoms with van der Waals surface area (Å²) in [5.41, 5.74) is 1.03. The Balaban J connectivity index is 1.45. The molecule has 2 amide bonds. The first kappa shape index (κ1) is 19.8. The Bertz CT molecular complexity index is 604. The summed E-state index contributed by atoms with van der Waals surface area (Å²) in [6, 6.07) is 9.66. The molecule has 1 aromatic rings. The summed E-state index contributed by atoms with van der Waals surface area (Å²) in [5.74, 6) is -0.140. The zero-order valence-electron chi connectivity index (χ0n) is 15.6. The van der Waals surface area contributed by atoms with Crippen molar-refractivity contribution in [2.75, 3.05) is 39.6 Å². The summed E-state index contributed by atoms with van der Waals surface area (Å²) in [6.07, 6.45) is 1.92. The highest BCUT2D eigenvalue weighted by molar-refractivity contribution is 5.80. The van der Waals surface area contributed by atoms with Gasteiger partial charge < -0.3 is 24.4 Å². The van der Waals surface area contributed by atoms with E-state index in [9.17, 15) is 9.59 Å². The van der Waals surface area contributed by atoms with Gasteiger partial charge in [-0.3, -0.25) is 9.59 Å². The predicted octanol–water partition coefficient (Wildman–Crippen LogP) is 1.12. The zero-order valence-corrected chi connectivity index (χ0v) is 15.6. The first-order valence-corrected chi connectivity index (χ1v) is 9.58. The van der Waals surface area contributed by atoms with Gasteiger partial charge in [0.1, 0.15) is 6.61 Å². The van der Waals surface area contributed by atoms with Crippen LogP contribution < -0.4 is 5.32 Å². The van der Waals surface area contributed by atoms with Crippen molar-refractivity contribution in [2.45, 2.75) is 38.0 Å². The van der Waals surface area contributed by atoms with E-state index in [0.717, 1.165) is 18.4 Å². The van der Waals surface area contributed by atoms with Gasteiger partial charge in [-0.05, 0) is 18.4 Å². The van der Waals surface area contributed by atoms with E-state index in [1.807, 2.05) is 30.3 Å². The smallest absolute Gasteiger partial charge is 0.249 e. The van der Waals surface area contributed by atoms with Gasteiger partial charge in [0, 0.05) is 32.2 Å². The summed E-state index contributed by atoms with van der Waals surface area (Å²) < 4.78 is 16.4. The monoisotopic (exact) mass is 376 g/mol. The Morgan fingerprint density at radius 2 is 1.89 bits per heavy atom. The Labute approximate surface area is 160 Å². The molecule has 7 nitrogen and oxygen atoms in total. The van der Waals surface area contributed by atoms with Crippen LogP contribution in [0.5, 0.6) is 0 Å². The molecule has 2 aliphatic heterocycles. The van der Waals surface area contributed by atoms with Crippen molar-refractivity contribution in [3.8, 4) is 0 Å². The van der Waals surface area contributed by atoms with Gasteiger partial charge in [-0.2, -0.15) is 0 Å². The summed E-state index contributed by atoms with van der Waals surface area (Å²) >= 11 is 0. The number of carbonyl (C=O) groups excluding carboxylic acids is 2. The Hall–Kier alpha value is -1.96. The normalized spacial score (nSPS) is 21.0. The minimum Gasteiger partial charge on any atom is -0.381 e. The maximum Gasteiger partial charge on any atom is 0.249 e. The third-order valence-corrected chi connectivity index (χ3v) is 4.89. The molecule has 0 spiro atoms. The van der Waals surface area contributed by atoms with Gasteiger partial charge in [-0.1, -0.05) is 30.3 Å². The van der Waals surface area contributed by atoms with E-state index >= 15 is 0 Å². The third kappa shape index (κ3) is 6.30. The largest absolute Gasteiger partial charge is 0.381 e. The van der Waals surface area contributed by atoms with Gasteiger partial charge in [0.15, 0.2) is 0 Å². The first-order chi connectivity index (χ1) is 13.2. The molecule has 148 valence electrons. The van der Waals surface area contributed by atoms with Crippen LogP contribution in [0.15, 0.2) is 30.3 Å². The molecule has 2 heterocycles. The molecular weight excluding hydrogens is 348 g/mol. The average molecular weight is 376 g/mol. The summed E-state index contributed by atoms with van der Waals surface area (Å²) in [6.45, 7) is 3.12. The van der Waals surface area contributed by atoms with Crippen LogP contribution in [0.4, 0.5) is 0 Å². The molecule has 0 saturated carbocycles. The second-order valence-electron chi connectivity index (χ2n) is 6.95. The molecule has 0 aliphatic carbocycles. The Kier molecular flexibility index (Phi) is 7.62. The molecule has 2 aliphatic rings. The lowest BCUT2D eigenvalue weighted by Crippen LogP contribution is -2.52. The van der Waals surface area contributed by atoms with Gasteiger partial charge in [0.2, 0.25) is 11.8 Å². The maximum atomic E-state index is 12.6. The predicted molar refractivity (Wildman–Crippen MR) is 99.0 cm³/mol. The number of amides is 2. The average Bonchev–Trinajstić information content (AvgIpc) is 2.70. The number of ether oxygens (including phenoxy) is 3. The van der Waals surface area contributed by atoms with E-state index in [2.05, 4.69) is 5.32 Å². The van der Waals surface area contributed by atoms with Crippen molar-refractivity contribution in [1.29, 1.82) is 0 Å². The Morgan fingerprint density at radius 1 is 1.11 bits per heavy atom. The minimum atomic E-state index is -0.244. The van der Waals surface area contributed by atoms with Crippen LogP contribution in [0, 0.1) is 0 Å². The lowest BCUT2D eigenvalue weighted by atomic mass is 10.1. The van der Waals surface area contributed by atoms with Crippen LogP contribution in [0.2, 0.25) is 0 Å². The highest BCUT2D eigenvalue weighted by atomic mass is 16.5. The molecule has 2 saturated heterocycles. The fraction of sp³-hybridized carbons (Fsp3) is 0.600. The topological polar surface area (TPSA) is 77.1 Å². The van der Waals surface area contributed by atoms with Crippen LogP contribution >= 0.6 is 0 Å². The number of hydrogen-bond acceptors (Lipinski definition) is 5. The van der Waals surface area contributed by atoms with Crippen LogP contribution in [-0.2, 0) is 30.4 Å². The van der Waals surface area contributed by atoms with Crippen LogP contribution in [0.3, 0.4) is 0 Å². The molecule has 0 aromatic heterocycles. The van der Waals surface area contributed by atoms with Gasteiger partial charge in [0.25, 0.3) is 0 Å². The van der Waals surface area contributed by atoms with Crippen molar-refractivity contribution in [3.05, 3.63) is 35.9 Å². The van der Waals surface area contributed by atoms with E-state index in [1.165, 1.54) is 0 Å². The molecule has 1 aromatic carbocycles. The number of nitrogens with zero attached hydrogens (tertiary/aromatic N) is 1. The van der Waals surface area contributed by atoms with E-state index < -0.39 is 0 Å². The van der Waals surface area contributed by atoms with Crippen molar-refractivity contribution in [3.63, 3.8) is 0 Å². The van der Waals surface area contributed by atoms with Crippen molar-refractivity contribution in [2.24, 2.45) is 0 Å². The van der Waals surface area contributed by atoms with E-state index in [1.54, 1.807) is 4.90 Å². The molecule has 0 radical (unpaired) electrons. The molecule has 0 unspecified atom stereocenters. The Morgan fingerprint density at radius 3 is 2.67 bits per heavy atom. The third-order valence-electron chi connectivity index (χ3n) is 4.89. The molecule has 1 atom stereocenters. The second kappa shape index (κ2) is 10.4. The summed E-state index contributed by atoms with van der Waals surface area (Å²) in [7, 11) is 0. The molecule has 2 fully saturated rings. The van der Waals surface area contributed by atoms with E-state index in [4.69, 9.17) is 14.2 Å². The van der Waals surface area contributed by atoms with Gasteiger partial charge in [-0.15, -0.1) is 0 Å². The lowest BCUT2D eigenvalue weighted by molar-refractivity contribution is -0.146. The van der Waals surface area contributed by atoms with Crippen LogP contribution in [-0.4, -0.2) is 68.4 Å².